The molecule has 0 aliphatic heterocycles. The van der Waals surface area contributed by atoms with Gasteiger partial charge in [-0.05, 0) is 101 Å². The highest BCUT2D eigenvalue weighted by molar-refractivity contribution is 5.92. The van der Waals surface area contributed by atoms with Gasteiger partial charge < -0.3 is 14.8 Å². The molecule has 0 saturated heterocycles. The second-order valence-corrected chi connectivity index (χ2v) is 13.1. The van der Waals surface area contributed by atoms with Crippen LogP contribution in [-0.4, -0.2) is 4.57 Å². The average Bonchev–Trinajstić information content (AvgIpc) is 3.48. The Morgan fingerprint density at radius 3 is 2.08 bits per heavy atom. The Labute approximate surface area is 298 Å². The Hall–Kier alpha value is -6.58. The summed E-state index contributed by atoms with van der Waals surface area (Å²) in [7, 11) is 0. The fourth-order valence-electron chi connectivity index (χ4n) is 7.36. The summed E-state index contributed by atoms with van der Waals surface area (Å²) in [5, 5.41) is 7.31. The predicted molar refractivity (Wildman–Crippen MR) is 216 cm³/mol. The molecule has 0 atom stereocenters. The first-order valence-electron chi connectivity index (χ1n) is 17.6. The number of hydrogen-bond donors (Lipinski definition) is 1. The number of nitrogens with zero attached hydrogens (tertiary/aromatic N) is 2. The number of benzene rings is 5. The highest BCUT2D eigenvalue weighted by Gasteiger charge is 2.19. The molecule has 3 aliphatic carbocycles. The molecule has 0 unspecified atom stereocenters. The number of nitrogens with one attached hydrogen (secondary N) is 1. The van der Waals surface area contributed by atoms with Crippen LogP contribution in [0.3, 0.4) is 0 Å². The van der Waals surface area contributed by atoms with E-state index in [4.69, 9.17) is 0 Å². The summed E-state index contributed by atoms with van der Waals surface area (Å²) in [5.41, 5.74) is 13.0. The molecule has 1 aromatic heterocycles. The minimum atomic E-state index is 0.896. The summed E-state index contributed by atoms with van der Waals surface area (Å²) in [4.78, 5) is 2.36. The van der Waals surface area contributed by atoms with E-state index in [1.807, 2.05) is 0 Å². The van der Waals surface area contributed by atoms with Crippen molar-refractivity contribution in [2.45, 2.75) is 12.8 Å². The topological polar surface area (TPSA) is 20.2 Å². The maximum absolute atomic E-state index is 3.56. The van der Waals surface area contributed by atoms with Gasteiger partial charge in [-0.25, -0.2) is 0 Å². The largest absolute Gasteiger partial charge is 0.359 e. The first kappa shape index (κ1) is 30.5. The van der Waals surface area contributed by atoms with Crippen LogP contribution in [0.2, 0.25) is 0 Å². The van der Waals surface area contributed by atoms with Crippen molar-refractivity contribution in [1.82, 2.24) is 4.57 Å². The predicted octanol–water partition coefficient (Wildman–Crippen LogP) is 11.0. The SMILES string of the molecule is C1=CC=C(Nc2ccc(-c3ccc(N(c4ccccc4)c4ccc5c(c4)c4c(n5-c5ccccc5)=C5C=CC=CC(=CC=4)C5)cc3)cc2)CC=C1. The molecule has 0 amide bonds. The summed E-state index contributed by atoms with van der Waals surface area (Å²) >= 11 is 0. The van der Waals surface area contributed by atoms with Gasteiger partial charge in [0.1, 0.15) is 0 Å². The summed E-state index contributed by atoms with van der Waals surface area (Å²) in [6.07, 6.45) is 25.7. The molecule has 51 heavy (non-hydrogen) atoms. The summed E-state index contributed by atoms with van der Waals surface area (Å²) in [5.74, 6) is 0. The Bertz CT molecular complexity index is 2560. The lowest BCUT2D eigenvalue weighted by Crippen LogP contribution is -2.30. The monoisotopic (exact) mass is 655 g/mol. The van der Waals surface area contributed by atoms with Gasteiger partial charge in [-0.2, -0.15) is 0 Å². The van der Waals surface area contributed by atoms with Gasteiger partial charge in [0.05, 0.1) is 10.9 Å². The Morgan fingerprint density at radius 1 is 0.569 bits per heavy atom. The molecule has 9 rings (SSSR count). The van der Waals surface area contributed by atoms with E-state index in [9.17, 15) is 0 Å². The van der Waals surface area contributed by atoms with E-state index < -0.39 is 0 Å². The zero-order chi connectivity index (χ0) is 34.0. The second-order valence-electron chi connectivity index (χ2n) is 13.1. The molecule has 3 aliphatic rings. The first-order valence-corrected chi connectivity index (χ1v) is 17.6. The van der Waals surface area contributed by atoms with E-state index in [2.05, 4.69) is 209 Å². The number of aromatic nitrogens is 1. The summed E-state index contributed by atoms with van der Waals surface area (Å²) in [6, 6.07) is 46.0. The molecule has 244 valence electrons. The number of anilines is 4. The van der Waals surface area contributed by atoms with Crippen LogP contribution in [0.25, 0.3) is 39.4 Å². The average molecular weight is 656 g/mol. The zero-order valence-electron chi connectivity index (χ0n) is 28.3. The van der Waals surface area contributed by atoms with Crippen LogP contribution in [0.15, 0.2) is 199 Å². The lowest BCUT2D eigenvalue weighted by atomic mass is 10.0. The third-order valence-electron chi connectivity index (χ3n) is 9.80. The van der Waals surface area contributed by atoms with Gasteiger partial charge in [0, 0.05) is 51.2 Å². The highest BCUT2D eigenvalue weighted by atomic mass is 15.1. The molecule has 3 nitrogen and oxygen atoms in total. The van der Waals surface area contributed by atoms with Crippen molar-refractivity contribution < 1.29 is 0 Å². The van der Waals surface area contributed by atoms with Crippen molar-refractivity contribution in [3.63, 3.8) is 0 Å². The van der Waals surface area contributed by atoms with Gasteiger partial charge in [-0.3, -0.25) is 0 Å². The van der Waals surface area contributed by atoms with Crippen LogP contribution in [0, 0.1) is 0 Å². The van der Waals surface area contributed by atoms with Crippen molar-refractivity contribution in [1.29, 1.82) is 0 Å². The van der Waals surface area contributed by atoms with Crippen LogP contribution in [0.4, 0.5) is 22.7 Å². The van der Waals surface area contributed by atoms with Gasteiger partial charge in [-0.1, -0.05) is 121 Å². The number of para-hydroxylation sites is 2. The van der Waals surface area contributed by atoms with Crippen LogP contribution in [0.5, 0.6) is 0 Å². The molecule has 0 spiro atoms. The standard InChI is InChI=1S/C48H37N3/c1-2-6-16-39(15-5-1)49-40-26-22-36(23-27-40)37-24-28-43(29-25-37)50(41-17-7-3-8-18-41)44-30-32-47-46(34-44)45-31-21-35-13-11-12-14-38(33-35)48(45)51(47)42-19-9-4-10-20-42/h1-15,17-32,34,49H,16,33H2. The molecule has 2 bridgehead atoms. The lowest BCUT2D eigenvalue weighted by Gasteiger charge is -2.26. The third-order valence-corrected chi connectivity index (χ3v) is 9.80. The van der Waals surface area contributed by atoms with Crippen molar-refractivity contribution >= 4 is 45.3 Å². The summed E-state index contributed by atoms with van der Waals surface area (Å²) < 4.78 is 2.44. The number of fused-ring (bicyclic) bond motifs is 5. The van der Waals surface area contributed by atoms with E-state index in [0.717, 1.165) is 35.6 Å². The maximum Gasteiger partial charge on any atom is 0.0576 e. The van der Waals surface area contributed by atoms with Crippen LogP contribution < -0.4 is 20.8 Å². The minimum Gasteiger partial charge on any atom is -0.359 e. The van der Waals surface area contributed by atoms with Crippen molar-refractivity contribution in [2.24, 2.45) is 0 Å². The minimum absolute atomic E-state index is 0.896. The smallest absolute Gasteiger partial charge is 0.0576 e. The van der Waals surface area contributed by atoms with Crippen molar-refractivity contribution in [2.75, 3.05) is 10.2 Å². The summed E-state index contributed by atoms with van der Waals surface area (Å²) in [6.45, 7) is 0. The van der Waals surface area contributed by atoms with E-state index in [0.29, 0.717) is 0 Å². The fourth-order valence-corrected chi connectivity index (χ4v) is 7.36. The number of rotatable bonds is 7. The molecule has 0 radical (unpaired) electrons. The van der Waals surface area contributed by atoms with Gasteiger partial charge >= 0.3 is 0 Å². The highest BCUT2D eigenvalue weighted by Crippen LogP contribution is 2.37. The van der Waals surface area contributed by atoms with Crippen LogP contribution in [0.1, 0.15) is 12.8 Å². The molecule has 3 heteroatoms. The Morgan fingerprint density at radius 2 is 1.27 bits per heavy atom. The van der Waals surface area contributed by atoms with Crippen molar-refractivity contribution in [3.8, 4) is 16.8 Å². The Balaban J connectivity index is 1.13. The normalized spacial score (nSPS) is 14.5. The quantitative estimate of drug-likeness (QED) is 0.185. The molecule has 5 aromatic carbocycles. The zero-order valence-corrected chi connectivity index (χ0v) is 28.3. The number of allylic oxidation sites excluding steroid dienone is 11. The van der Waals surface area contributed by atoms with Crippen LogP contribution >= 0.6 is 0 Å². The molecule has 1 N–H and O–H groups in total. The van der Waals surface area contributed by atoms with Crippen molar-refractivity contribution in [3.05, 3.63) is 210 Å². The maximum atomic E-state index is 3.56. The van der Waals surface area contributed by atoms with Gasteiger partial charge in [0.25, 0.3) is 0 Å². The fraction of sp³-hybridized carbons (Fsp3) is 0.0417. The van der Waals surface area contributed by atoms with Gasteiger partial charge in [0.15, 0.2) is 0 Å². The number of hydrogen-bond acceptors (Lipinski definition) is 2. The molecular formula is C48H37N3. The molecule has 6 aromatic rings. The second kappa shape index (κ2) is 13.4. The molecule has 1 heterocycles. The van der Waals surface area contributed by atoms with Gasteiger partial charge in [-0.15, -0.1) is 0 Å². The molecule has 0 fully saturated rings. The van der Waals surface area contributed by atoms with Gasteiger partial charge in [0.2, 0.25) is 0 Å². The molecular weight excluding hydrogens is 619 g/mol. The lowest BCUT2D eigenvalue weighted by molar-refractivity contribution is 1.05. The van der Waals surface area contributed by atoms with Crippen LogP contribution in [-0.2, 0) is 0 Å². The van der Waals surface area contributed by atoms with E-state index >= 15 is 0 Å². The van der Waals surface area contributed by atoms with E-state index in [1.165, 1.54) is 55.1 Å². The first-order chi connectivity index (χ1) is 25.3. The van der Waals surface area contributed by atoms with E-state index in [1.54, 1.807) is 0 Å². The van der Waals surface area contributed by atoms with E-state index in [-0.39, 0.29) is 0 Å². The third kappa shape index (κ3) is 6.00. The Kier molecular flexibility index (Phi) is 7.99. The molecule has 0 saturated carbocycles.